The fraction of sp³-hybridized carbons (Fsp3) is 0.455. The molecule has 154 valence electrons. The third-order valence-electron chi connectivity index (χ3n) is 5.46. The zero-order chi connectivity index (χ0) is 20.4. The molecule has 1 aromatic carbocycles. The number of ether oxygens (including phenoxy) is 1. The van der Waals surface area contributed by atoms with Crippen molar-refractivity contribution >= 4 is 28.1 Å². The van der Waals surface area contributed by atoms with Gasteiger partial charge in [-0.05, 0) is 38.8 Å². The van der Waals surface area contributed by atoms with E-state index >= 15 is 0 Å². The minimum absolute atomic E-state index is 0.289. The number of esters is 1. The Bertz CT molecular complexity index is 1020. The van der Waals surface area contributed by atoms with Crippen LogP contribution in [-0.4, -0.2) is 28.0 Å². The summed E-state index contributed by atoms with van der Waals surface area (Å²) in [4.78, 5) is 18.4. The number of halogens is 1. The Morgan fingerprint density at radius 3 is 2.76 bits per heavy atom. The lowest BCUT2D eigenvalue weighted by Crippen LogP contribution is -2.20. The molecule has 2 aromatic heterocycles. The molecule has 1 saturated carbocycles. The quantitative estimate of drug-likeness (QED) is 0.421. The number of hydrogen-bond donors (Lipinski definition) is 1. The summed E-state index contributed by atoms with van der Waals surface area (Å²) in [5.41, 5.74) is 2.25. The van der Waals surface area contributed by atoms with E-state index in [9.17, 15) is 9.18 Å². The van der Waals surface area contributed by atoms with Gasteiger partial charge in [0.1, 0.15) is 22.2 Å². The van der Waals surface area contributed by atoms with Gasteiger partial charge in [-0.3, -0.25) is 4.40 Å². The Kier molecular flexibility index (Phi) is 5.85. The van der Waals surface area contributed by atoms with Crippen LogP contribution < -0.4 is 5.32 Å². The van der Waals surface area contributed by atoms with Gasteiger partial charge in [0.15, 0.2) is 4.96 Å². The van der Waals surface area contributed by atoms with Crippen LogP contribution in [0.25, 0.3) is 16.2 Å². The van der Waals surface area contributed by atoms with Crippen LogP contribution in [0.5, 0.6) is 0 Å². The fourth-order valence-corrected chi connectivity index (χ4v) is 5.04. The third kappa shape index (κ3) is 4.01. The van der Waals surface area contributed by atoms with E-state index in [0.717, 1.165) is 35.6 Å². The summed E-state index contributed by atoms with van der Waals surface area (Å²) in [5, 5.41) is 3.69. The van der Waals surface area contributed by atoms with Gasteiger partial charge in [0, 0.05) is 17.3 Å². The molecule has 1 N–H and O–H groups in total. The Balaban J connectivity index is 1.82. The Hall–Kier alpha value is -2.41. The molecule has 0 bridgehead atoms. The van der Waals surface area contributed by atoms with E-state index in [0.29, 0.717) is 22.5 Å². The topological polar surface area (TPSA) is 55.6 Å². The lowest BCUT2D eigenvalue weighted by molar-refractivity contribution is 0.0531. The van der Waals surface area contributed by atoms with Crippen LogP contribution in [0, 0.1) is 12.7 Å². The predicted molar refractivity (Wildman–Crippen MR) is 114 cm³/mol. The van der Waals surface area contributed by atoms with E-state index in [-0.39, 0.29) is 11.8 Å². The van der Waals surface area contributed by atoms with Gasteiger partial charge in [-0.25, -0.2) is 14.2 Å². The van der Waals surface area contributed by atoms with Crippen molar-refractivity contribution in [3.05, 3.63) is 40.7 Å². The smallest absolute Gasteiger partial charge is 0.350 e. The first-order valence-electron chi connectivity index (χ1n) is 10.3. The standard InChI is InChI=1S/C22H26FN3O2S/c1-3-28-21(27)19-14(2)26-20(24-17-11-6-4-5-7-12-17)18(25-22(26)29-19)15-9-8-10-16(23)13-15/h8-10,13,17,24H,3-7,11-12H2,1-2H3. The van der Waals surface area contributed by atoms with Gasteiger partial charge in [0.2, 0.25) is 0 Å². The van der Waals surface area contributed by atoms with Crippen molar-refractivity contribution in [2.24, 2.45) is 0 Å². The molecule has 0 aliphatic heterocycles. The Labute approximate surface area is 173 Å². The predicted octanol–water partition coefficient (Wildman–Crippen LogP) is 5.82. The molecule has 0 unspecified atom stereocenters. The molecular weight excluding hydrogens is 389 g/mol. The van der Waals surface area contributed by atoms with Gasteiger partial charge in [-0.2, -0.15) is 0 Å². The summed E-state index contributed by atoms with van der Waals surface area (Å²) < 4.78 is 21.1. The summed E-state index contributed by atoms with van der Waals surface area (Å²) in [6, 6.07) is 6.85. The van der Waals surface area contributed by atoms with E-state index in [2.05, 4.69) is 5.32 Å². The number of nitrogens with zero attached hydrogens (tertiary/aromatic N) is 2. The minimum atomic E-state index is -0.326. The maximum atomic E-state index is 13.9. The lowest BCUT2D eigenvalue weighted by atomic mass is 10.1. The van der Waals surface area contributed by atoms with Crippen molar-refractivity contribution in [2.45, 2.75) is 58.4 Å². The summed E-state index contributed by atoms with van der Waals surface area (Å²) >= 11 is 1.32. The van der Waals surface area contributed by atoms with Crippen LogP contribution in [0.15, 0.2) is 24.3 Å². The van der Waals surface area contributed by atoms with Crippen LogP contribution in [-0.2, 0) is 4.74 Å². The van der Waals surface area contributed by atoms with Crippen molar-refractivity contribution in [3.8, 4) is 11.3 Å². The van der Waals surface area contributed by atoms with Gasteiger partial charge >= 0.3 is 5.97 Å². The normalized spacial score (nSPS) is 15.4. The van der Waals surface area contributed by atoms with E-state index in [1.807, 2.05) is 17.4 Å². The highest BCUT2D eigenvalue weighted by Crippen LogP contribution is 2.36. The molecule has 1 aliphatic carbocycles. The van der Waals surface area contributed by atoms with Crippen molar-refractivity contribution < 1.29 is 13.9 Å². The van der Waals surface area contributed by atoms with Crippen LogP contribution in [0.3, 0.4) is 0 Å². The average molecular weight is 416 g/mol. The average Bonchev–Trinajstić information content (AvgIpc) is 3.08. The molecule has 0 radical (unpaired) electrons. The fourth-order valence-electron chi connectivity index (χ4n) is 4.02. The highest BCUT2D eigenvalue weighted by atomic mass is 32.1. The number of hydrogen-bond acceptors (Lipinski definition) is 5. The molecule has 0 amide bonds. The molecule has 5 nitrogen and oxygen atoms in total. The van der Waals surface area contributed by atoms with Crippen LogP contribution >= 0.6 is 11.3 Å². The van der Waals surface area contributed by atoms with Gasteiger partial charge in [0.05, 0.1) is 6.61 Å². The summed E-state index contributed by atoms with van der Waals surface area (Å²) in [7, 11) is 0. The number of carbonyl (C=O) groups is 1. The lowest BCUT2D eigenvalue weighted by Gasteiger charge is -2.18. The number of carbonyl (C=O) groups excluding carboxylic acids is 1. The van der Waals surface area contributed by atoms with Gasteiger partial charge in [-0.15, -0.1) is 0 Å². The first kappa shape index (κ1) is 19.9. The molecule has 3 aromatic rings. The van der Waals surface area contributed by atoms with Crippen LogP contribution in [0.2, 0.25) is 0 Å². The van der Waals surface area contributed by atoms with Crippen molar-refractivity contribution in [2.75, 3.05) is 11.9 Å². The van der Waals surface area contributed by atoms with E-state index in [1.54, 1.807) is 13.0 Å². The number of benzene rings is 1. The number of anilines is 1. The molecule has 0 atom stereocenters. The van der Waals surface area contributed by atoms with E-state index in [4.69, 9.17) is 9.72 Å². The number of imidazole rings is 1. The SMILES string of the molecule is CCOC(=O)c1sc2nc(-c3cccc(F)c3)c(NC3CCCCCC3)n2c1C. The second-order valence-electron chi connectivity index (χ2n) is 7.51. The minimum Gasteiger partial charge on any atom is -0.462 e. The maximum absolute atomic E-state index is 13.9. The third-order valence-corrected chi connectivity index (χ3v) is 6.58. The largest absolute Gasteiger partial charge is 0.462 e. The van der Waals surface area contributed by atoms with E-state index < -0.39 is 0 Å². The number of fused-ring (bicyclic) bond motifs is 1. The van der Waals surface area contributed by atoms with Crippen molar-refractivity contribution in [1.82, 2.24) is 9.38 Å². The molecule has 7 heteroatoms. The second kappa shape index (κ2) is 8.53. The zero-order valence-corrected chi connectivity index (χ0v) is 17.7. The molecule has 1 fully saturated rings. The summed E-state index contributed by atoms with van der Waals surface area (Å²) in [5.74, 6) is 0.221. The van der Waals surface area contributed by atoms with Gasteiger partial charge in [-0.1, -0.05) is 49.2 Å². The molecule has 0 spiro atoms. The summed E-state index contributed by atoms with van der Waals surface area (Å²) in [6.07, 6.45) is 7.13. The Morgan fingerprint density at radius 2 is 2.07 bits per heavy atom. The van der Waals surface area contributed by atoms with Crippen molar-refractivity contribution in [3.63, 3.8) is 0 Å². The highest BCUT2D eigenvalue weighted by Gasteiger charge is 2.25. The summed E-state index contributed by atoms with van der Waals surface area (Å²) in [6.45, 7) is 4.04. The first-order chi connectivity index (χ1) is 14.1. The molecule has 0 saturated heterocycles. The monoisotopic (exact) mass is 415 g/mol. The second-order valence-corrected chi connectivity index (χ2v) is 8.48. The number of rotatable bonds is 5. The first-order valence-corrected chi connectivity index (χ1v) is 11.1. The molecule has 29 heavy (non-hydrogen) atoms. The molecule has 4 rings (SSSR count). The number of aryl methyl sites for hydroxylation is 1. The van der Waals surface area contributed by atoms with Gasteiger partial charge in [0.25, 0.3) is 0 Å². The Morgan fingerprint density at radius 1 is 1.31 bits per heavy atom. The zero-order valence-electron chi connectivity index (χ0n) is 16.8. The molecular formula is C22H26FN3O2S. The van der Waals surface area contributed by atoms with Crippen molar-refractivity contribution in [1.29, 1.82) is 0 Å². The highest BCUT2D eigenvalue weighted by molar-refractivity contribution is 7.19. The van der Waals surface area contributed by atoms with Crippen LogP contribution in [0.1, 0.15) is 60.8 Å². The number of aromatic nitrogens is 2. The number of thiazole rings is 1. The number of nitrogens with one attached hydrogen (secondary N) is 1. The molecule has 2 heterocycles. The maximum Gasteiger partial charge on any atom is 0.350 e. The van der Waals surface area contributed by atoms with Gasteiger partial charge < -0.3 is 10.1 Å². The van der Waals surface area contributed by atoms with E-state index in [1.165, 1.54) is 49.2 Å². The van der Waals surface area contributed by atoms with Crippen LogP contribution in [0.4, 0.5) is 10.2 Å². The molecule has 1 aliphatic rings.